The summed E-state index contributed by atoms with van der Waals surface area (Å²) in [5.41, 5.74) is 2.96. The highest BCUT2D eigenvalue weighted by atomic mass is 19.4. The van der Waals surface area contributed by atoms with Gasteiger partial charge in [0, 0.05) is 37.2 Å². The van der Waals surface area contributed by atoms with E-state index < -0.39 is 35.9 Å². The smallest absolute Gasteiger partial charge is 0.330 e. The first kappa shape index (κ1) is 13.2. The highest BCUT2D eigenvalue weighted by molar-refractivity contribution is 5.38. The van der Waals surface area contributed by atoms with Crippen molar-refractivity contribution in [2.45, 2.75) is 30.4 Å². The number of aromatic nitrogens is 1. The number of hydrogen-bond acceptors (Lipinski definition) is 2. The lowest BCUT2D eigenvalue weighted by Crippen LogP contribution is -2.54. The highest BCUT2D eigenvalue weighted by Gasteiger charge is 2.58. The fourth-order valence-corrected chi connectivity index (χ4v) is 2.47. The van der Waals surface area contributed by atoms with E-state index in [1.54, 1.807) is 0 Å². The van der Waals surface area contributed by atoms with Crippen LogP contribution >= 0.6 is 0 Å². The summed E-state index contributed by atoms with van der Waals surface area (Å²) in [4.78, 5) is 3.41. The monoisotopic (exact) mass is 266 g/mol. The molecule has 1 heterocycles. The highest BCUT2D eigenvalue weighted by Crippen LogP contribution is 2.54. The fraction of sp³-hybridized carbons (Fsp3) is 0.545. The summed E-state index contributed by atoms with van der Waals surface area (Å²) in [7, 11) is 0. The number of pyridine rings is 1. The van der Waals surface area contributed by atoms with Gasteiger partial charge >= 0.3 is 6.18 Å². The zero-order valence-electron chi connectivity index (χ0n) is 9.27. The zero-order valence-corrected chi connectivity index (χ0v) is 9.27. The lowest BCUT2D eigenvalue weighted by Gasteiger charge is -2.47. The number of alkyl halides is 5. The molecule has 18 heavy (non-hydrogen) atoms. The molecule has 0 saturated heterocycles. The van der Waals surface area contributed by atoms with Crippen LogP contribution in [-0.4, -0.2) is 17.5 Å². The summed E-state index contributed by atoms with van der Waals surface area (Å²) < 4.78 is 64.4. The second kappa shape index (κ2) is 3.88. The van der Waals surface area contributed by atoms with Crippen LogP contribution in [0.2, 0.25) is 0 Å². The van der Waals surface area contributed by atoms with Gasteiger partial charge in [0.15, 0.2) is 0 Å². The SMILES string of the molecule is NCC1(c2ccncc2C(F)(F)F)CC(F)(F)C1. The summed E-state index contributed by atoms with van der Waals surface area (Å²) in [6.07, 6.45) is -4.09. The van der Waals surface area contributed by atoms with Gasteiger partial charge in [0.2, 0.25) is 5.92 Å². The summed E-state index contributed by atoms with van der Waals surface area (Å²) in [5, 5.41) is 0. The van der Waals surface area contributed by atoms with Crippen LogP contribution in [0.4, 0.5) is 22.0 Å². The largest absolute Gasteiger partial charge is 0.418 e. The quantitative estimate of drug-likeness (QED) is 0.836. The Labute approximate surface area is 100 Å². The molecule has 1 fully saturated rings. The van der Waals surface area contributed by atoms with E-state index >= 15 is 0 Å². The second-order valence-electron chi connectivity index (χ2n) is 4.61. The normalized spacial score (nSPS) is 21.4. The van der Waals surface area contributed by atoms with Gasteiger partial charge in [-0.1, -0.05) is 0 Å². The van der Waals surface area contributed by atoms with Gasteiger partial charge in [-0.3, -0.25) is 4.98 Å². The van der Waals surface area contributed by atoms with Crippen molar-refractivity contribution in [2.24, 2.45) is 5.73 Å². The average molecular weight is 266 g/mol. The minimum atomic E-state index is -4.61. The van der Waals surface area contributed by atoms with Gasteiger partial charge in [0.05, 0.1) is 5.56 Å². The van der Waals surface area contributed by atoms with Crippen LogP contribution < -0.4 is 5.73 Å². The summed E-state index contributed by atoms with van der Waals surface area (Å²) in [6.45, 7) is -0.240. The molecule has 1 aliphatic rings. The van der Waals surface area contributed by atoms with Crippen LogP contribution in [0.5, 0.6) is 0 Å². The maximum atomic E-state index is 13.0. The summed E-state index contributed by atoms with van der Waals surface area (Å²) in [5.74, 6) is -2.94. The molecule has 0 bridgehead atoms. The van der Waals surface area contributed by atoms with E-state index in [9.17, 15) is 22.0 Å². The van der Waals surface area contributed by atoms with Gasteiger partial charge in [-0.15, -0.1) is 0 Å². The van der Waals surface area contributed by atoms with Crippen LogP contribution in [0.3, 0.4) is 0 Å². The van der Waals surface area contributed by atoms with E-state index in [1.165, 1.54) is 6.20 Å². The summed E-state index contributed by atoms with van der Waals surface area (Å²) in [6, 6.07) is 1.13. The predicted molar refractivity (Wildman–Crippen MR) is 54.2 cm³/mol. The molecule has 1 aromatic heterocycles. The molecule has 1 saturated carbocycles. The van der Waals surface area contributed by atoms with Crippen molar-refractivity contribution < 1.29 is 22.0 Å². The molecule has 1 aromatic rings. The van der Waals surface area contributed by atoms with Crippen LogP contribution in [0.1, 0.15) is 24.0 Å². The van der Waals surface area contributed by atoms with Crippen LogP contribution in [0.15, 0.2) is 18.5 Å². The third kappa shape index (κ3) is 2.07. The van der Waals surface area contributed by atoms with Gasteiger partial charge in [0.25, 0.3) is 0 Å². The summed E-state index contributed by atoms with van der Waals surface area (Å²) >= 11 is 0. The van der Waals surface area contributed by atoms with E-state index in [1.807, 2.05) is 0 Å². The van der Waals surface area contributed by atoms with Crippen molar-refractivity contribution >= 4 is 0 Å². The third-order valence-corrected chi connectivity index (χ3v) is 3.28. The van der Waals surface area contributed by atoms with Crippen molar-refractivity contribution in [2.75, 3.05) is 6.54 Å². The van der Waals surface area contributed by atoms with E-state index in [-0.39, 0.29) is 12.1 Å². The molecule has 0 aromatic carbocycles. The molecule has 0 spiro atoms. The number of rotatable bonds is 2. The van der Waals surface area contributed by atoms with Crippen LogP contribution in [0, 0.1) is 0 Å². The second-order valence-corrected chi connectivity index (χ2v) is 4.61. The molecule has 2 N–H and O–H groups in total. The lowest BCUT2D eigenvalue weighted by atomic mass is 9.61. The molecule has 7 heteroatoms. The van der Waals surface area contributed by atoms with Crippen LogP contribution in [0.25, 0.3) is 0 Å². The average Bonchev–Trinajstić information content (AvgIpc) is 2.24. The van der Waals surface area contributed by atoms with E-state index in [0.29, 0.717) is 6.20 Å². The topological polar surface area (TPSA) is 38.9 Å². The standard InChI is InChI=1S/C11H11F5N2/c12-10(13)4-9(5-10,6-17)7-1-2-18-3-8(7)11(14,15)16/h1-3H,4-6,17H2. The fourth-order valence-electron chi connectivity index (χ4n) is 2.47. The van der Waals surface area contributed by atoms with E-state index in [4.69, 9.17) is 5.73 Å². The molecular formula is C11H11F5N2. The Morgan fingerprint density at radius 2 is 1.89 bits per heavy atom. The minimum absolute atomic E-state index is 0.182. The van der Waals surface area contributed by atoms with Gasteiger partial charge < -0.3 is 5.73 Å². The number of nitrogens with two attached hydrogens (primary N) is 1. The zero-order chi connectivity index (χ0) is 13.6. The maximum absolute atomic E-state index is 13.0. The van der Waals surface area contributed by atoms with Crippen molar-refractivity contribution in [3.63, 3.8) is 0 Å². The Hall–Kier alpha value is -1.24. The Balaban J connectivity index is 2.45. The molecule has 0 radical (unpaired) electrons. The first-order valence-electron chi connectivity index (χ1n) is 5.30. The molecule has 1 aliphatic carbocycles. The van der Waals surface area contributed by atoms with Crippen molar-refractivity contribution in [3.8, 4) is 0 Å². The van der Waals surface area contributed by atoms with Gasteiger partial charge in [-0.25, -0.2) is 8.78 Å². The van der Waals surface area contributed by atoms with Crippen molar-refractivity contribution in [1.29, 1.82) is 0 Å². The Morgan fingerprint density at radius 3 is 2.33 bits per heavy atom. The minimum Gasteiger partial charge on any atom is -0.330 e. The molecule has 2 nitrogen and oxygen atoms in total. The molecule has 0 atom stereocenters. The molecule has 0 amide bonds. The molecular weight excluding hydrogens is 255 g/mol. The van der Waals surface area contributed by atoms with E-state index in [2.05, 4.69) is 4.98 Å². The molecule has 0 aliphatic heterocycles. The maximum Gasteiger partial charge on any atom is 0.418 e. The first-order valence-corrected chi connectivity index (χ1v) is 5.30. The van der Waals surface area contributed by atoms with Crippen LogP contribution in [-0.2, 0) is 11.6 Å². The predicted octanol–water partition coefficient (Wildman–Crippen LogP) is 2.73. The molecule has 0 unspecified atom stereocenters. The number of nitrogens with zero attached hydrogens (tertiary/aromatic N) is 1. The van der Waals surface area contributed by atoms with Gasteiger partial charge in [-0.05, 0) is 11.6 Å². The van der Waals surface area contributed by atoms with Gasteiger partial charge in [0.1, 0.15) is 0 Å². The number of halogens is 5. The van der Waals surface area contributed by atoms with Crippen molar-refractivity contribution in [1.82, 2.24) is 4.98 Å². The number of hydrogen-bond donors (Lipinski definition) is 1. The molecule has 100 valence electrons. The van der Waals surface area contributed by atoms with Gasteiger partial charge in [-0.2, -0.15) is 13.2 Å². The van der Waals surface area contributed by atoms with E-state index in [0.717, 1.165) is 6.07 Å². The Kier molecular flexibility index (Phi) is 2.84. The van der Waals surface area contributed by atoms with Crippen molar-refractivity contribution in [3.05, 3.63) is 29.6 Å². The first-order chi connectivity index (χ1) is 8.20. The lowest BCUT2D eigenvalue weighted by molar-refractivity contribution is -0.147. The Morgan fingerprint density at radius 1 is 1.28 bits per heavy atom. The molecule has 2 rings (SSSR count). The Bertz CT molecular complexity index is 447. The third-order valence-electron chi connectivity index (χ3n) is 3.28.